The Bertz CT molecular complexity index is 377. The summed E-state index contributed by atoms with van der Waals surface area (Å²) in [4.78, 5) is 13.8. The molecule has 0 bridgehead atoms. The van der Waals surface area contributed by atoms with E-state index in [-0.39, 0.29) is 11.3 Å². The summed E-state index contributed by atoms with van der Waals surface area (Å²) in [7, 11) is 3.90. The van der Waals surface area contributed by atoms with Crippen LogP contribution >= 0.6 is 11.6 Å². The average Bonchev–Trinajstić information content (AvgIpc) is 2.28. The van der Waals surface area contributed by atoms with E-state index in [0.717, 1.165) is 12.1 Å². The van der Waals surface area contributed by atoms with E-state index in [1.165, 1.54) is 0 Å². The number of halogens is 1. The molecule has 0 aliphatic carbocycles. The third kappa shape index (κ3) is 4.65. The largest absolute Gasteiger partial charge is 0.378 e. The van der Waals surface area contributed by atoms with Crippen molar-refractivity contribution in [3.63, 3.8) is 0 Å². The van der Waals surface area contributed by atoms with Gasteiger partial charge in [-0.1, -0.05) is 6.07 Å². The monoisotopic (exact) mass is 254 g/mol. The van der Waals surface area contributed by atoms with Gasteiger partial charge in [0.1, 0.15) is 0 Å². The van der Waals surface area contributed by atoms with Gasteiger partial charge in [0.2, 0.25) is 0 Å². The second kappa shape index (κ2) is 6.50. The number of alkyl halides is 1. The zero-order chi connectivity index (χ0) is 12.8. The minimum Gasteiger partial charge on any atom is -0.378 e. The van der Waals surface area contributed by atoms with Gasteiger partial charge in [-0.05, 0) is 31.5 Å². The number of benzene rings is 1. The SMILES string of the molecule is CC(Cl)CCNC(=O)c1cccc(N(C)C)c1. The molecule has 17 heavy (non-hydrogen) atoms. The molecular weight excluding hydrogens is 236 g/mol. The molecule has 4 heteroatoms. The fourth-order valence-corrected chi connectivity index (χ4v) is 1.52. The molecule has 0 aromatic heterocycles. The molecule has 1 aromatic carbocycles. The Labute approximate surface area is 108 Å². The summed E-state index contributed by atoms with van der Waals surface area (Å²) in [5, 5.41) is 2.94. The third-order valence-corrected chi connectivity index (χ3v) is 2.67. The summed E-state index contributed by atoms with van der Waals surface area (Å²) in [5.74, 6) is -0.0500. The van der Waals surface area contributed by atoms with Gasteiger partial charge < -0.3 is 10.2 Å². The highest BCUT2D eigenvalue weighted by Gasteiger charge is 2.06. The number of nitrogens with zero attached hydrogens (tertiary/aromatic N) is 1. The average molecular weight is 255 g/mol. The molecule has 3 nitrogen and oxygen atoms in total. The highest BCUT2D eigenvalue weighted by atomic mass is 35.5. The van der Waals surface area contributed by atoms with Gasteiger partial charge >= 0.3 is 0 Å². The third-order valence-electron chi connectivity index (χ3n) is 2.45. The first-order valence-electron chi connectivity index (χ1n) is 5.70. The number of anilines is 1. The summed E-state index contributed by atoms with van der Waals surface area (Å²) < 4.78 is 0. The van der Waals surface area contributed by atoms with Crippen LogP contribution in [0.15, 0.2) is 24.3 Å². The molecule has 0 saturated carbocycles. The van der Waals surface area contributed by atoms with Crippen molar-refractivity contribution < 1.29 is 4.79 Å². The fraction of sp³-hybridized carbons (Fsp3) is 0.462. The van der Waals surface area contributed by atoms with Crippen LogP contribution in [-0.2, 0) is 0 Å². The molecule has 0 aliphatic rings. The van der Waals surface area contributed by atoms with Crippen molar-refractivity contribution in [1.82, 2.24) is 5.32 Å². The van der Waals surface area contributed by atoms with E-state index in [1.807, 2.05) is 50.2 Å². The quantitative estimate of drug-likeness (QED) is 0.819. The minimum atomic E-state index is -0.0500. The van der Waals surface area contributed by atoms with Gasteiger partial charge in [0.05, 0.1) is 0 Å². The number of hydrogen-bond donors (Lipinski definition) is 1. The van der Waals surface area contributed by atoms with E-state index >= 15 is 0 Å². The zero-order valence-electron chi connectivity index (χ0n) is 10.5. The van der Waals surface area contributed by atoms with Gasteiger partial charge in [-0.25, -0.2) is 0 Å². The van der Waals surface area contributed by atoms with Gasteiger partial charge in [0, 0.05) is 37.3 Å². The molecule has 0 radical (unpaired) electrons. The van der Waals surface area contributed by atoms with Gasteiger partial charge in [-0.2, -0.15) is 0 Å². The lowest BCUT2D eigenvalue weighted by Gasteiger charge is -2.13. The Hall–Kier alpha value is -1.22. The molecule has 1 rings (SSSR count). The van der Waals surface area contributed by atoms with Gasteiger partial charge in [0.25, 0.3) is 5.91 Å². The molecule has 1 unspecified atom stereocenters. The summed E-state index contributed by atoms with van der Waals surface area (Å²) in [5.41, 5.74) is 1.70. The highest BCUT2D eigenvalue weighted by molar-refractivity contribution is 6.20. The number of carbonyl (C=O) groups is 1. The van der Waals surface area contributed by atoms with Crippen molar-refractivity contribution in [1.29, 1.82) is 0 Å². The maximum Gasteiger partial charge on any atom is 0.251 e. The molecule has 0 fully saturated rings. The van der Waals surface area contributed by atoms with Gasteiger partial charge in [0.15, 0.2) is 0 Å². The van der Waals surface area contributed by atoms with E-state index in [1.54, 1.807) is 0 Å². The molecule has 1 aromatic rings. The van der Waals surface area contributed by atoms with Crippen molar-refractivity contribution in [2.75, 3.05) is 25.5 Å². The van der Waals surface area contributed by atoms with Crippen LogP contribution in [0.5, 0.6) is 0 Å². The van der Waals surface area contributed by atoms with Crippen molar-refractivity contribution in [2.45, 2.75) is 18.7 Å². The lowest BCUT2D eigenvalue weighted by molar-refractivity contribution is 0.0953. The summed E-state index contributed by atoms with van der Waals surface area (Å²) in [6.45, 7) is 2.52. The smallest absolute Gasteiger partial charge is 0.251 e. The molecule has 1 N–H and O–H groups in total. The van der Waals surface area contributed by atoms with Crippen LogP contribution in [0.2, 0.25) is 0 Å². The first kappa shape index (κ1) is 13.8. The number of hydrogen-bond acceptors (Lipinski definition) is 2. The van der Waals surface area contributed by atoms with Crippen molar-refractivity contribution in [3.05, 3.63) is 29.8 Å². The Morgan fingerprint density at radius 3 is 2.76 bits per heavy atom. The second-order valence-corrected chi connectivity index (χ2v) is 5.02. The van der Waals surface area contributed by atoms with Crippen LogP contribution in [0, 0.1) is 0 Å². The summed E-state index contributed by atoms with van der Waals surface area (Å²) >= 11 is 5.82. The molecule has 0 saturated heterocycles. The number of nitrogens with one attached hydrogen (secondary N) is 1. The normalized spacial score (nSPS) is 12.0. The number of carbonyl (C=O) groups excluding carboxylic acids is 1. The van der Waals surface area contributed by atoms with Crippen LogP contribution in [-0.4, -0.2) is 31.9 Å². The molecule has 94 valence electrons. The first-order valence-corrected chi connectivity index (χ1v) is 6.14. The van der Waals surface area contributed by atoms with Crippen LogP contribution < -0.4 is 10.2 Å². The van der Waals surface area contributed by atoms with Crippen molar-refractivity contribution >= 4 is 23.2 Å². The van der Waals surface area contributed by atoms with Gasteiger partial charge in [-0.3, -0.25) is 4.79 Å². The van der Waals surface area contributed by atoms with Crippen LogP contribution in [0.4, 0.5) is 5.69 Å². The Balaban J connectivity index is 2.59. The maximum absolute atomic E-state index is 11.8. The molecular formula is C13H19ClN2O. The van der Waals surface area contributed by atoms with Crippen LogP contribution in [0.1, 0.15) is 23.7 Å². The van der Waals surface area contributed by atoms with Crippen molar-refractivity contribution in [2.24, 2.45) is 0 Å². The lowest BCUT2D eigenvalue weighted by atomic mass is 10.2. The van der Waals surface area contributed by atoms with Crippen LogP contribution in [0.3, 0.4) is 0 Å². The van der Waals surface area contributed by atoms with E-state index in [2.05, 4.69) is 5.32 Å². The Morgan fingerprint density at radius 1 is 1.47 bits per heavy atom. The van der Waals surface area contributed by atoms with E-state index in [9.17, 15) is 4.79 Å². The van der Waals surface area contributed by atoms with E-state index < -0.39 is 0 Å². The van der Waals surface area contributed by atoms with Crippen molar-refractivity contribution in [3.8, 4) is 0 Å². The zero-order valence-corrected chi connectivity index (χ0v) is 11.3. The molecule has 1 amide bonds. The first-order chi connectivity index (χ1) is 8.00. The number of rotatable bonds is 5. The molecule has 0 spiro atoms. The predicted molar refractivity (Wildman–Crippen MR) is 73.0 cm³/mol. The molecule has 0 aliphatic heterocycles. The maximum atomic E-state index is 11.8. The minimum absolute atomic E-state index is 0.0500. The standard InChI is InChI=1S/C13H19ClN2O/c1-10(14)7-8-15-13(17)11-5-4-6-12(9-11)16(2)3/h4-6,9-10H,7-8H2,1-3H3,(H,15,17). The van der Waals surface area contributed by atoms with Crippen LogP contribution in [0.25, 0.3) is 0 Å². The molecule has 1 atom stereocenters. The topological polar surface area (TPSA) is 32.3 Å². The van der Waals surface area contributed by atoms with E-state index in [4.69, 9.17) is 11.6 Å². The Kier molecular flexibility index (Phi) is 5.29. The number of amides is 1. The lowest BCUT2D eigenvalue weighted by Crippen LogP contribution is -2.25. The van der Waals surface area contributed by atoms with Gasteiger partial charge in [-0.15, -0.1) is 11.6 Å². The van der Waals surface area contributed by atoms with E-state index in [0.29, 0.717) is 12.1 Å². The Morgan fingerprint density at radius 2 is 2.18 bits per heavy atom. The predicted octanol–water partition coefficient (Wildman–Crippen LogP) is 2.50. The summed E-state index contributed by atoms with van der Waals surface area (Å²) in [6.07, 6.45) is 0.778. The molecule has 0 heterocycles. The summed E-state index contributed by atoms with van der Waals surface area (Å²) in [6, 6.07) is 7.54. The fourth-order valence-electron chi connectivity index (χ4n) is 1.41. The second-order valence-electron chi connectivity index (χ2n) is 4.27. The highest BCUT2D eigenvalue weighted by Crippen LogP contribution is 2.13.